The summed E-state index contributed by atoms with van der Waals surface area (Å²) >= 11 is 5.26. The van der Waals surface area contributed by atoms with E-state index in [1.165, 1.54) is 0 Å². The van der Waals surface area contributed by atoms with Crippen LogP contribution in [-0.4, -0.2) is 16.5 Å². The fourth-order valence-corrected chi connectivity index (χ4v) is 3.81. The van der Waals surface area contributed by atoms with Gasteiger partial charge in [-0.3, -0.25) is 0 Å². The number of fused-ring (bicyclic) bond motifs is 1. The van der Waals surface area contributed by atoms with Gasteiger partial charge in [-0.25, -0.2) is 9.97 Å². The maximum atomic E-state index is 4.74. The van der Waals surface area contributed by atoms with Crippen LogP contribution in [0, 0.1) is 0 Å². The van der Waals surface area contributed by atoms with Crippen molar-refractivity contribution in [2.24, 2.45) is 0 Å². The largest absolute Gasteiger partial charge is 0.309 e. The first kappa shape index (κ1) is 14.6. The van der Waals surface area contributed by atoms with E-state index in [0.717, 1.165) is 38.3 Å². The smallest absolute Gasteiger partial charge is 0.143 e. The van der Waals surface area contributed by atoms with E-state index in [4.69, 9.17) is 9.97 Å². The van der Waals surface area contributed by atoms with Crippen LogP contribution in [-0.2, 0) is 0 Å². The minimum absolute atomic E-state index is 0.263. The van der Waals surface area contributed by atoms with E-state index in [9.17, 15) is 0 Å². The molecule has 21 heavy (non-hydrogen) atoms. The normalized spacial score (nSPS) is 12.7. The average molecular weight is 362 g/mol. The van der Waals surface area contributed by atoms with Gasteiger partial charge in [-0.2, -0.15) is 0 Å². The summed E-state index contributed by atoms with van der Waals surface area (Å²) in [6.07, 6.45) is 0. The molecule has 1 N–H and O–H groups in total. The summed E-state index contributed by atoms with van der Waals surface area (Å²) in [5.74, 6) is 0. The average Bonchev–Trinajstić information content (AvgIpc) is 2.96. The Morgan fingerprint density at radius 3 is 2.90 bits per heavy atom. The van der Waals surface area contributed by atoms with Crippen LogP contribution >= 0.6 is 27.3 Å². The molecule has 2 heterocycles. The van der Waals surface area contributed by atoms with Crippen LogP contribution in [0.2, 0.25) is 0 Å². The van der Waals surface area contributed by atoms with Gasteiger partial charge in [-0.05, 0) is 41.5 Å². The molecule has 0 aliphatic carbocycles. The zero-order chi connectivity index (χ0) is 14.8. The number of aromatic nitrogens is 2. The Morgan fingerprint density at radius 1 is 1.29 bits per heavy atom. The molecule has 1 unspecified atom stereocenters. The van der Waals surface area contributed by atoms with E-state index < -0.39 is 0 Å². The number of pyridine rings is 1. The monoisotopic (exact) mass is 361 g/mol. The minimum atomic E-state index is 0.263. The summed E-state index contributed by atoms with van der Waals surface area (Å²) in [4.78, 5) is 9.47. The van der Waals surface area contributed by atoms with Crippen molar-refractivity contribution in [2.45, 2.75) is 19.9 Å². The van der Waals surface area contributed by atoms with E-state index in [2.05, 4.69) is 52.6 Å². The number of nitrogens with zero attached hydrogens (tertiary/aromatic N) is 2. The van der Waals surface area contributed by atoms with Crippen LogP contribution in [0.3, 0.4) is 0 Å². The van der Waals surface area contributed by atoms with Crippen LogP contribution in [0.1, 0.15) is 25.6 Å². The fraction of sp³-hybridized carbons (Fsp3) is 0.250. The molecule has 5 heteroatoms. The molecule has 3 nitrogen and oxygen atoms in total. The highest BCUT2D eigenvalue weighted by Gasteiger charge is 2.14. The number of benzene rings is 1. The molecular weight excluding hydrogens is 346 g/mol. The van der Waals surface area contributed by atoms with Crippen molar-refractivity contribution in [1.29, 1.82) is 0 Å². The van der Waals surface area contributed by atoms with E-state index >= 15 is 0 Å². The summed E-state index contributed by atoms with van der Waals surface area (Å²) in [5, 5.41) is 7.57. The molecule has 0 spiro atoms. The third-order valence-electron chi connectivity index (χ3n) is 3.36. The molecule has 3 aromatic rings. The molecule has 0 saturated heterocycles. The molecule has 3 rings (SSSR count). The molecule has 0 saturated carbocycles. The molecule has 0 amide bonds. The van der Waals surface area contributed by atoms with Crippen molar-refractivity contribution in [3.63, 3.8) is 0 Å². The van der Waals surface area contributed by atoms with Crippen LogP contribution in [0.25, 0.3) is 21.6 Å². The van der Waals surface area contributed by atoms with Gasteiger partial charge in [0.25, 0.3) is 0 Å². The van der Waals surface area contributed by atoms with Crippen molar-refractivity contribution >= 4 is 38.2 Å². The predicted molar refractivity (Wildman–Crippen MR) is 92.6 cm³/mol. The van der Waals surface area contributed by atoms with Gasteiger partial charge in [0.2, 0.25) is 0 Å². The second-order valence-corrected chi connectivity index (χ2v) is 6.58. The number of hydrogen-bond donors (Lipinski definition) is 1. The van der Waals surface area contributed by atoms with Gasteiger partial charge < -0.3 is 5.32 Å². The lowest BCUT2D eigenvalue weighted by molar-refractivity contribution is 0.587. The standard InChI is InChI=1S/C16H16BrN3S/c1-3-18-10(2)14-9-21-16(20-14)15-12(17)8-11-6-4-5-7-13(11)19-15/h4-10,18H,3H2,1-2H3. The second kappa shape index (κ2) is 6.22. The highest BCUT2D eigenvalue weighted by Crippen LogP contribution is 2.32. The van der Waals surface area contributed by atoms with Crippen LogP contribution in [0.5, 0.6) is 0 Å². The van der Waals surface area contributed by atoms with Crippen LogP contribution < -0.4 is 5.32 Å². The number of thiazole rings is 1. The fourth-order valence-electron chi connectivity index (χ4n) is 2.24. The number of para-hydroxylation sites is 1. The molecule has 108 valence electrons. The van der Waals surface area contributed by atoms with Crippen LogP contribution in [0.4, 0.5) is 0 Å². The van der Waals surface area contributed by atoms with Gasteiger partial charge in [-0.1, -0.05) is 25.1 Å². The minimum Gasteiger partial charge on any atom is -0.309 e. The summed E-state index contributed by atoms with van der Waals surface area (Å²) in [7, 11) is 0. The lowest BCUT2D eigenvalue weighted by atomic mass is 10.2. The Hall–Kier alpha value is -1.30. The summed E-state index contributed by atoms with van der Waals surface area (Å²) in [5.41, 5.74) is 2.97. The van der Waals surface area contributed by atoms with Crippen molar-refractivity contribution in [2.75, 3.05) is 6.54 Å². The first-order chi connectivity index (χ1) is 10.2. The molecule has 0 aliphatic rings. The number of hydrogen-bond acceptors (Lipinski definition) is 4. The predicted octanol–water partition coefficient (Wildman–Crippen LogP) is 4.79. The molecule has 1 aromatic carbocycles. The first-order valence-corrected chi connectivity index (χ1v) is 8.60. The molecule has 0 radical (unpaired) electrons. The quantitative estimate of drug-likeness (QED) is 0.725. The van der Waals surface area contributed by atoms with E-state index in [1.807, 2.05) is 18.2 Å². The maximum Gasteiger partial charge on any atom is 0.143 e. The van der Waals surface area contributed by atoms with Gasteiger partial charge in [0.15, 0.2) is 0 Å². The molecule has 0 bridgehead atoms. The Kier molecular flexibility index (Phi) is 4.33. The van der Waals surface area contributed by atoms with Crippen molar-refractivity contribution in [1.82, 2.24) is 15.3 Å². The van der Waals surface area contributed by atoms with E-state index in [1.54, 1.807) is 11.3 Å². The molecule has 2 aromatic heterocycles. The third kappa shape index (κ3) is 3.00. The van der Waals surface area contributed by atoms with Gasteiger partial charge in [0, 0.05) is 21.3 Å². The van der Waals surface area contributed by atoms with Gasteiger partial charge >= 0.3 is 0 Å². The molecular formula is C16H16BrN3S. The number of nitrogens with one attached hydrogen (secondary N) is 1. The summed E-state index contributed by atoms with van der Waals surface area (Å²) in [6, 6.07) is 10.5. The van der Waals surface area contributed by atoms with E-state index in [0.29, 0.717) is 0 Å². The zero-order valence-electron chi connectivity index (χ0n) is 11.9. The second-order valence-electron chi connectivity index (χ2n) is 4.87. The summed E-state index contributed by atoms with van der Waals surface area (Å²) < 4.78 is 0.984. The highest BCUT2D eigenvalue weighted by molar-refractivity contribution is 9.10. The first-order valence-electron chi connectivity index (χ1n) is 6.93. The van der Waals surface area contributed by atoms with Crippen molar-refractivity contribution < 1.29 is 0 Å². The zero-order valence-corrected chi connectivity index (χ0v) is 14.3. The van der Waals surface area contributed by atoms with Gasteiger partial charge in [0.1, 0.15) is 10.7 Å². The van der Waals surface area contributed by atoms with Crippen molar-refractivity contribution in [3.8, 4) is 10.7 Å². The van der Waals surface area contributed by atoms with Gasteiger partial charge in [-0.15, -0.1) is 11.3 Å². The Morgan fingerprint density at radius 2 is 2.10 bits per heavy atom. The van der Waals surface area contributed by atoms with Crippen LogP contribution in [0.15, 0.2) is 40.2 Å². The lowest BCUT2D eigenvalue weighted by Crippen LogP contribution is -2.17. The Balaban J connectivity index is 2.02. The lowest BCUT2D eigenvalue weighted by Gasteiger charge is -2.08. The highest BCUT2D eigenvalue weighted by atomic mass is 79.9. The van der Waals surface area contributed by atoms with Gasteiger partial charge in [0.05, 0.1) is 11.2 Å². The van der Waals surface area contributed by atoms with E-state index in [-0.39, 0.29) is 6.04 Å². The Labute approximate surface area is 136 Å². The summed E-state index contributed by atoms with van der Waals surface area (Å²) in [6.45, 7) is 5.17. The number of rotatable bonds is 4. The number of halogens is 1. The van der Waals surface area contributed by atoms with Crippen molar-refractivity contribution in [3.05, 3.63) is 45.9 Å². The SMILES string of the molecule is CCNC(C)c1csc(-c2nc3ccccc3cc2Br)n1. The molecule has 0 fully saturated rings. The third-order valence-corrected chi connectivity index (χ3v) is 4.83. The Bertz CT molecular complexity index is 769. The maximum absolute atomic E-state index is 4.74. The molecule has 0 aliphatic heterocycles. The molecule has 1 atom stereocenters. The topological polar surface area (TPSA) is 37.8 Å².